The van der Waals surface area contributed by atoms with Crippen LogP contribution in [0.3, 0.4) is 0 Å². The van der Waals surface area contributed by atoms with E-state index < -0.39 is 8.07 Å². The first kappa shape index (κ1) is 13.8. The van der Waals surface area contributed by atoms with Gasteiger partial charge in [-0.15, -0.1) is 0 Å². The van der Waals surface area contributed by atoms with E-state index >= 15 is 0 Å². The van der Waals surface area contributed by atoms with E-state index in [1.807, 2.05) is 0 Å². The fourth-order valence-corrected chi connectivity index (χ4v) is 7.05. The maximum atomic E-state index is 2.52. The minimum atomic E-state index is -1.58. The van der Waals surface area contributed by atoms with Gasteiger partial charge >= 0.3 is 0 Å². The molecule has 0 aliphatic heterocycles. The molecule has 0 bridgehead atoms. The Balaban J connectivity index is 1.84. The molecule has 0 saturated heterocycles. The average molecular weight is 302 g/mol. The van der Waals surface area contributed by atoms with Crippen molar-refractivity contribution in [3.8, 4) is 11.1 Å². The maximum absolute atomic E-state index is 2.52. The normalized spacial score (nSPS) is 16.1. The van der Waals surface area contributed by atoms with Crippen LogP contribution < -0.4 is 5.19 Å². The lowest BCUT2D eigenvalue weighted by molar-refractivity contribution is 1.27. The van der Waals surface area contributed by atoms with Crippen LogP contribution in [0.5, 0.6) is 0 Å². The van der Waals surface area contributed by atoms with E-state index in [9.17, 15) is 0 Å². The minimum Gasteiger partial charge on any atom is -0.0779 e. The first-order chi connectivity index (χ1) is 10.6. The fourth-order valence-electron chi connectivity index (χ4n) is 4.02. The summed E-state index contributed by atoms with van der Waals surface area (Å²) >= 11 is 0. The van der Waals surface area contributed by atoms with E-state index in [0.717, 1.165) is 12.8 Å². The highest BCUT2D eigenvalue weighted by Crippen LogP contribution is 2.37. The van der Waals surface area contributed by atoms with Gasteiger partial charge in [0.2, 0.25) is 0 Å². The highest BCUT2D eigenvalue weighted by Gasteiger charge is 2.33. The van der Waals surface area contributed by atoms with Gasteiger partial charge in [0.15, 0.2) is 0 Å². The fraction of sp³-hybridized carbons (Fsp3) is 0.238. The first-order valence-electron chi connectivity index (χ1n) is 8.16. The summed E-state index contributed by atoms with van der Waals surface area (Å²) in [7, 11) is -1.58. The molecule has 0 atom stereocenters. The zero-order chi connectivity index (χ0) is 15.3. The second-order valence-electron chi connectivity index (χ2n) is 7.11. The molecule has 4 rings (SSSR count). The SMILES string of the molecule is CC1=CCC([Si](C)(C)c2cccc3c2Cc2ccccc2-3)=C1. The van der Waals surface area contributed by atoms with E-state index in [0.29, 0.717) is 0 Å². The second-order valence-corrected chi connectivity index (χ2v) is 11.5. The van der Waals surface area contributed by atoms with Crippen molar-refractivity contribution in [2.45, 2.75) is 32.9 Å². The van der Waals surface area contributed by atoms with Crippen molar-refractivity contribution in [1.29, 1.82) is 0 Å². The van der Waals surface area contributed by atoms with Crippen molar-refractivity contribution >= 4 is 13.3 Å². The van der Waals surface area contributed by atoms with Gasteiger partial charge in [-0.2, -0.15) is 0 Å². The number of hydrogen-bond donors (Lipinski definition) is 0. The maximum Gasteiger partial charge on any atom is 0.108 e. The van der Waals surface area contributed by atoms with Crippen LogP contribution in [-0.2, 0) is 6.42 Å². The van der Waals surface area contributed by atoms with Gasteiger partial charge in [0.1, 0.15) is 8.07 Å². The van der Waals surface area contributed by atoms with Gasteiger partial charge in [-0.25, -0.2) is 0 Å². The molecule has 0 saturated carbocycles. The molecule has 0 heterocycles. The van der Waals surface area contributed by atoms with Crippen molar-refractivity contribution in [1.82, 2.24) is 0 Å². The molecule has 0 radical (unpaired) electrons. The number of allylic oxidation sites excluding steroid dienone is 4. The Kier molecular flexibility index (Phi) is 3.02. The molecule has 2 aromatic rings. The third-order valence-electron chi connectivity index (χ3n) is 5.37. The largest absolute Gasteiger partial charge is 0.108 e. The molecular formula is C21H22Si. The number of fused-ring (bicyclic) bond motifs is 3. The summed E-state index contributed by atoms with van der Waals surface area (Å²) < 4.78 is 0. The van der Waals surface area contributed by atoms with Crippen LogP contribution in [0.1, 0.15) is 24.5 Å². The summed E-state index contributed by atoms with van der Waals surface area (Å²) in [5, 5.41) is 3.31. The Morgan fingerprint density at radius 3 is 2.45 bits per heavy atom. The van der Waals surface area contributed by atoms with Crippen LogP contribution >= 0.6 is 0 Å². The molecule has 0 fully saturated rings. The molecule has 2 aromatic carbocycles. The third-order valence-corrected chi connectivity index (χ3v) is 9.14. The van der Waals surface area contributed by atoms with Crippen LogP contribution in [0.4, 0.5) is 0 Å². The van der Waals surface area contributed by atoms with E-state index in [2.05, 4.69) is 74.6 Å². The predicted octanol–water partition coefficient (Wildman–Crippen LogP) is 4.99. The van der Waals surface area contributed by atoms with Crippen LogP contribution in [-0.4, -0.2) is 8.07 Å². The summed E-state index contributed by atoms with van der Waals surface area (Å²) in [4.78, 5) is 0. The van der Waals surface area contributed by atoms with Crippen LogP contribution in [0.15, 0.2) is 65.4 Å². The average Bonchev–Trinajstić information content (AvgIpc) is 3.10. The highest BCUT2D eigenvalue weighted by molar-refractivity contribution is 6.96. The number of rotatable bonds is 2. The molecule has 0 nitrogen and oxygen atoms in total. The van der Waals surface area contributed by atoms with Gasteiger partial charge in [0.05, 0.1) is 0 Å². The van der Waals surface area contributed by atoms with Crippen molar-refractivity contribution in [3.05, 3.63) is 76.5 Å². The molecule has 2 aliphatic carbocycles. The second kappa shape index (κ2) is 4.82. The van der Waals surface area contributed by atoms with Gasteiger partial charge < -0.3 is 0 Å². The minimum absolute atomic E-state index is 1.11. The highest BCUT2D eigenvalue weighted by atomic mass is 28.3. The molecule has 22 heavy (non-hydrogen) atoms. The van der Waals surface area contributed by atoms with Gasteiger partial charge in [-0.3, -0.25) is 0 Å². The summed E-state index contributed by atoms with van der Waals surface area (Å²) in [5.41, 5.74) is 7.43. The zero-order valence-electron chi connectivity index (χ0n) is 13.6. The molecule has 0 unspecified atom stereocenters. The quantitative estimate of drug-likeness (QED) is 0.585. The predicted molar refractivity (Wildman–Crippen MR) is 98.3 cm³/mol. The van der Waals surface area contributed by atoms with Crippen molar-refractivity contribution in [2.75, 3.05) is 0 Å². The Labute approximate surface area is 134 Å². The Bertz CT molecular complexity index is 822. The Morgan fingerprint density at radius 2 is 1.68 bits per heavy atom. The van der Waals surface area contributed by atoms with Crippen LogP contribution in [0, 0.1) is 0 Å². The zero-order valence-corrected chi connectivity index (χ0v) is 14.6. The van der Waals surface area contributed by atoms with Gasteiger partial charge in [-0.05, 0) is 42.0 Å². The lowest BCUT2D eigenvalue weighted by Crippen LogP contribution is -2.45. The topological polar surface area (TPSA) is 0 Å². The van der Waals surface area contributed by atoms with E-state index in [-0.39, 0.29) is 0 Å². The lowest BCUT2D eigenvalue weighted by atomic mass is 10.1. The Hall–Kier alpha value is -1.86. The smallest absolute Gasteiger partial charge is 0.0779 e. The Morgan fingerprint density at radius 1 is 0.909 bits per heavy atom. The van der Waals surface area contributed by atoms with Gasteiger partial charge in [-0.1, -0.05) is 83.7 Å². The van der Waals surface area contributed by atoms with Crippen LogP contribution in [0.2, 0.25) is 13.1 Å². The summed E-state index contributed by atoms with van der Waals surface area (Å²) in [6.45, 7) is 7.26. The molecule has 0 aromatic heterocycles. The van der Waals surface area contributed by atoms with Crippen molar-refractivity contribution < 1.29 is 0 Å². The number of hydrogen-bond acceptors (Lipinski definition) is 0. The van der Waals surface area contributed by atoms with Crippen LogP contribution in [0.25, 0.3) is 11.1 Å². The van der Waals surface area contributed by atoms with Gasteiger partial charge in [0, 0.05) is 0 Å². The summed E-state index contributed by atoms with van der Waals surface area (Å²) in [5.74, 6) is 0. The van der Waals surface area contributed by atoms with E-state index in [4.69, 9.17) is 0 Å². The lowest BCUT2D eigenvalue weighted by Gasteiger charge is -2.27. The molecule has 1 heteroatoms. The molecule has 2 aliphatic rings. The summed E-state index contributed by atoms with van der Waals surface area (Å²) in [6.07, 6.45) is 7.08. The number of benzene rings is 2. The van der Waals surface area contributed by atoms with E-state index in [1.165, 1.54) is 22.3 Å². The molecule has 110 valence electrons. The van der Waals surface area contributed by atoms with Crippen molar-refractivity contribution in [3.63, 3.8) is 0 Å². The van der Waals surface area contributed by atoms with Crippen molar-refractivity contribution in [2.24, 2.45) is 0 Å². The molecular weight excluding hydrogens is 280 g/mol. The molecule has 0 spiro atoms. The standard InChI is InChI=1S/C21H22Si/c1-15-11-12-17(13-15)22(2,3)21-10-6-9-19-18-8-5-4-7-16(18)14-20(19)21/h4-11,13H,12,14H2,1-3H3. The summed E-state index contributed by atoms with van der Waals surface area (Å²) in [6, 6.07) is 15.9. The third kappa shape index (κ3) is 1.96. The first-order valence-corrected chi connectivity index (χ1v) is 11.2. The van der Waals surface area contributed by atoms with Gasteiger partial charge in [0.25, 0.3) is 0 Å². The molecule has 0 amide bonds. The monoisotopic (exact) mass is 302 g/mol. The van der Waals surface area contributed by atoms with E-state index in [1.54, 1.807) is 15.9 Å². The molecule has 0 N–H and O–H groups in total.